The zero-order valence-corrected chi connectivity index (χ0v) is 15.9. The molecule has 0 spiro atoms. The van der Waals surface area contributed by atoms with Crippen LogP contribution in [-0.4, -0.2) is 59.2 Å². The van der Waals surface area contributed by atoms with Crippen LogP contribution in [0.5, 0.6) is 0 Å². The van der Waals surface area contributed by atoms with Gasteiger partial charge in [0.2, 0.25) is 0 Å². The number of carbonyl (C=O) groups excluding carboxylic acids is 2. The molecular formula is C20H24FN3O3. The average Bonchev–Trinajstić information content (AvgIpc) is 2.96. The van der Waals surface area contributed by atoms with Crippen LogP contribution in [0.2, 0.25) is 0 Å². The Hall–Kier alpha value is -2.83. The smallest absolute Gasteiger partial charge is 0.409 e. The number of ether oxygens (including phenoxy) is 1. The molecule has 2 aromatic rings. The van der Waals surface area contributed by atoms with Crippen LogP contribution in [-0.2, 0) is 4.74 Å². The van der Waals surface area contributed by atoms with E-state index >= 15 is 0 Å². The Kier molecular flexibility index (Phi) is 5.48. The SMILES string of the molecule is CCOC(=O)N1CCN(C(=O)c2cc(C)n(-c3ccc(F)cc3)c2C)CC1. The number of amides is 2. The molecule has 1 aliphatic heterocycles. The molecule has 0 saturated carbocycles. The van der Waals surface area contributed by atoms with Gasteiger partial charge in [-0.1, -0.05) is 0 Å². The number of nitrogens with zero attached hydrogens (tertiary/aromatic N) is 3. The second-order valence-corrected chi connectivity index (χ2v) is 6.57. The van der Waals surface area contributed by atoms with Crippen molar-refractivity contribution in [2.75, 3.05) is 32.8 Å². The molecule has 3 rings (SSSR count). The van der Waals surface area contributed by atoms with Gasteiger partial charge >= 0.3 is 6.09 Å². The largest absolute Gasteiger partial charge is 0.450 e. The number of halogens is 1. The summed E-state index contributed by atoms with van der Waals surface area (Å²) >= 11 is 0. The lowest BCUT2D eigenvalue weighted by atomic mass is 10.2. The first kappa shape index (κ1) is 18.9. The Bertz CT molecular complexity index is 837. The number of hydrogen-bond acceptors (Lipinski definition) is 3. The highest BCUT2D eigenvalue weighted by Crippen LogP contribution is 2.23. The first-order valence-electron chi connectivity index (χ1n) is 9.08. The van der Waals surface area contributed by atoms with E-state index in [1.54, 1.807) is 28.9 Å². The summed E-state index contributed by atoms with van der Waals surface area (Å²) < 4.78 is 20.2. The number of piperazine rings is 1. The molecule has 1 fully saturated rings. The maximum Gasteiger partial charge on any atom is 0.409 e. The molecule has 0 radical (unpaired) electrons. The minimum absolute atomic E-state index is 0.0556. The second-order valence-electron chi connectivity index (χ2n) is 6.57. The molecule has 0 atom stereocenters. The topological polar surface area (TPSA) is 54.8 Å². The van der Waals surface area contributed by atoms with Crippen molar-refractivity contribution in [3.63, 3.8) is 0 Å². The Morgan fingerprint density at radius 1 is 1.04 bits per heavy atom. The molecule has 1 aromatic carbocycles. The van der Waals surface area contributed by atoms with Crippen molar-refractivity contribution in [3.8, 4) is 5.69 Å². The minimum atomic E-state index is -0.334. The normalized spacial score (nSPS) is 14.4. The zero-order valence-electron chi connectivity index (χ0n) is 15.9. The van der Waals surface area contributed by atoms with E-state index in [1.165, 1.54) is 12.1 Å². The lowest BCUT2D eigenvalue weighted by Gasteiger charge is -2.34. The number of benzene rings is 1. The van der Waals surface area contributed by atoms with Crippen molar-refractivity contribution in [3.05, 3.63) is 53.1 Å². The third-order valence-electron chi connectivity index (χ3n) is 4.84. The van der Waals surface area contributed by atoms with E-state index in [9.17, 15) is 14.0 Å². The second kappa shape index (κ2) is 7.82. The van der Waals surface area contributed by atoms with Gasteiger partial charge in [0, 0.05) is 43.3 Å². The Morgan fingerprint density at radius 2 is 1.63 bits per heavy atom. The maximum absolute atomic E-state index is 13.2. The maximum atomic E-state index is 13.2. The quantitative estimate of drug-likeness (QED) is 0.831. The highest BCUT2D eigenvalue weighted by atomic mass is 19.1. The molecule has 144 valence electrons. The first-order valence-corrected chi connectivity index (χ1v) is 9.08. The molecule has 27 heavy (non-hydrogen) atoms. The average molecular weight is 373 g/mol. The van der Waals surface area contributed by atoms with Crippen LogP contribution < -0.4 is 0 Å². The van der Waals surface area contributed by atoms with Gasteiger partial charge in [-0.3, -0.25) is 4.79 Å². The monoisotopic (exact) mass is 373 g/mol. The number of rotatable bonds is 3. The highest BCUT2D eigenvalue weighted by molar-refractivity contribution is 5.96. The summed E-state index contributed by atoms with van der Waals surface area (Å²) in [5.41, 5.74) is 3.17. The fraction of sp³-hybridized carbons (Fsp3) is 0.400. The van der Waals surface area contributed by atoms with E-state index in [0.29, 0.717) is 38.3 Å². The van der Waals surface area contributed by atoms with Crippen molar-refractivity contribution >= 4 is 12.0 Å². The molecule has 0 N–H and O–H groups in total. The Labute approximate surface area is 158 Å². The standard InChI is InChI=1S/C20H24FN3O3/c1-4-27-20(26)23-11-9-22(10-12-23)19(25)18-13-14(2)24(15(18)3)17-7-5-16(21)6-8-17/h5-8,13H,4,9-12H2,1-3H3. The van der Waals surface area contributed by atoms with Crippen molar-refractivity contribution < 1.29 is 18.7 Å². The number of hydrogen-bond donors (Lipinski definition) is 0. The van der Waals surface area contributed by atoms with Gasteiger partial charge in [0.25, 0.3) is 5.91 Å². The summed E-state index contributed by atoms with van der Waals surface area (Å²) in [5.74, 6) is -0.350. The molecule has 1 aromatic heterocycles. The van der Waals surface area contributed by atoms with E-state index in [1.807, 2.05) is 24.5 Å². The van der Waals surface area contributed by atoms with E-state index in [-0.39, 0.29) is 17.8 Å². The van der Waals surface area contributed by atoms with Crippen molar-refractivity contribution in [2.45, 2.75) is 20.8 Å². The fourth-order valence-electron chi connectivity index (χ4n) is 3.44. The third kappa shape index (κ3) is 3.82. The van der Waals surface area contributed by atoms with Crippen LogP contribution in [0, 0.1) is 19.7 Å². The number of aromatic nitrogens is 1. The van der Waals surface area contributed by atoms with Gasteiger partial charge in [0.05, 0.1) is 12.2 Å². The Balaban J connectivity index is 1.76. The van der Waals surface area contributed by atoms with Crippen molar-refractivity contribution in [1.82, 2.24) is 14.4 Å². The molecule has 0 unspecified atom stereocenters. The fourth-order valence-corrected chi connectivity index (χ4v) is 3.44. The first-order chi connectivity index (χ1) is 12.9. The predicted molar refractivity (Wildman–Crippen MR) is 99.7 cm³/mol. The van der Waals surface area contributed by atoms with E-state index in [2.05, 4.69) is 0 Å². The van der Waals surface area contributed by atoms with E-state index in [0.717, 1.165) is 17.1 Å². The van der Waals surface area contributed by atoms with Crippen molar-refractivity contribution in [1.29, 1.82) is 0 Å². The van der Waals surface area contributed by atoms with Gasteiger partial charge in [0.15, 0.2) is 0 Å². The van der Waals surface area contributed by atoms with Crippen LogP contribution in [0.3, 0.4) is 0 Å². The summed E-state index contributed by atoms with van der Waals surface area (Å²) in [4.78, 5) is 28.2. The number of carbonyl (C=O) groups is 2. The highest BCUT2D eigenvalue weighted by Gasteiger charge is 2.27. The molecule has 0 bridgehead atoms. The molecule has 2 heterocycles. The molecule has 2 amide bonds. The molecular weight excluding hydrogens is 349 g/mol. The minimum Gasteiger partial charge on any atom is -0.450 e. The number of aryl methyl sites for hydroxylation is 1. The molecule has 0 aliphatic carbocycles. The Morgan fingerprint density at radius 3 is 2.22 bits per heavy atom. The molecule has 7 heteroatoms. The predicted octanol–water partition coefficient (Wildman–Crippen LogP) is 3.15. The van der Waals surface area contributed by atoms with Crippen LogP contribution in [0.25, 0.3) is 5.69 Å². The summed E-state index contributed by atoms with van der Waals surface area (Å²) in [5, 5.41) is 0. The molecule has 1 aliphatic rings. The lowest BCUT2D eigenvalue weighted by molar-refractivity contribution is 0.0570. The van der Waals surface area contributed by atoms with Gasteiger partial charge in [-0.15, -0.1) is 0 Å². The van der Waals surface area contributed by atoms with Gasteiger partial charge in [-0.05, 0) is 51.1 Å². The van der Waals surface area contributed by atoms with Crippen molar-refractivity contribution in [2.24, 2.45) is 0 Å². The zero-order chi connectivity index (χ0) is 19.6. The van der Waals surface area contributed by atoms with Crippen LogP contribution >= 0.6 is 0 Å². The van der Waals surface area contributed by atoms with Crippen LogP contribution in [0.1, 0.15) is 28.7 Å². The van der Waals surface area contributed by atoms with Crippen LogP contribution in [0.4, 0.5) is 9.18 Å². The summed E-state index contributed by atoms with van der Waals surface area (Å²) in [7, 11) is 0. The van der Waals surface area contributed by atoms with Gasteiger partial charge in [-0.25, -0.2) is 9.18 Å². The van der Waals surface area contributed by atoms with Gasteiger partial charge in [-0.2, -0.15) is 0 Å². The van der Waals surface area contributed by atoms with E-state index < -0.39 is 0 Å². The summed E-state index contributed by atoms with van der Waals surface area (Å²) in [6, 6.07) is 8.07. The van der Waals surface area contributed by atoms with Gasteiger partial charge in [0.1, 0.15) is 5.82 Å². The summed E-state index contributed by atoms with van der Waals surface area (Å²) in [6.45, 7) is 7.78. The van der Waals surface area contributed by atoms with Gasteiger partial charge < -0.3 is 19.1 Å². The third-order valence-corrected chi connectivity index (χ3v) is 4.84. The molecule has 6 nitrogen and oxygen atoms in total. The summed E-state index contributed by atoms with van der Waals surface area (Å²) in [6.07, 6.45) is -0.334. The lowest BCUT2D eigenvalue weighted by Crippen LogP contribution is -2.50. The van der Waals surface area contributed by atoms with Crippen LogP contribution in [0.15, 0.2) is 30.3 Å². The molecule has 1 saturated heterocycles. The van der Waals surface area contributed by atoms with E-state index in [4.69, 9.17) is 4.74 Å².